The van der Waals surface area contributed by atoms with Gasteiger partial charge in [0.1, 0.15) is 11.7 Å². The van der Waals surface area contributed by atoms with Crippen molar-refractivity contribution in [1.29, 1.82) is 5.41 Å². The summed E-state index contributed by atoms with van der Waals surface area (Å²) in [6.07, 6.45) is 0. The molecule has 2 aromatic carbocycles. The van der Waals surface area contributed by atoms with Crippen molar-refractivity contribution in [2.75, 3.05) is 7.05 Å². The van der Waals surface area contributed by atoms with Crippen LogP contribution in [0.3, 0.4) is 0 Å². The van der Waals surface area contributed by atoms with E-state index in [9.17, 15) is 4.39 Å². The van der Waals surface area contributed by atoms with Crippen LogP contribution < -0.4 is 5.73 Å². The summed E-state index contributed by atoms with van der Waals surface area (Å²) in [7, 11) is 1.97. The van der Waals surface area contributed by atoms with Crippen LogP contribution in [0.2, 0.25) is 0 Å². The van der Waals surface area contributed by atoms with Crippen LogP contribution in [0.5, 0.6) is 0 Å². The van der Waals surface area contributed by atoms with Gasteiger partial charge < -0.3 is 5.73 Å². The topological polar surface area (TPSA) is 53.1 Å². The third-order valence-corrected chi connectivity index (χ3v) is 4.05. The summed E-state index contributed by atoms with van der Waals surface area (Å²) in [5, 5.41) is 7.46. The molecule has 0 unspecified atom stereocenters. The maximum Gasteiger partial charge on any atom is 0.137 e. The molecule has 0 aromatic heterocycles. The smallest absolute Gasteiger partial charge is 0.137 e. The summed E-state index contributed by atoms with van der Waals surface area (Å²) in [5.74, 6) is -0.188. The molecular weight excluding hydrogens is 333 g/mol. The van der Waals surface area contributed by atoms with Crippen molar-refractivity contribution >= 4 is 21.8 Å². The molecule has 5 heteroatoms. The van der Waals surface area contributed by atoms with Gasteiger partial charge in [-0.05, 0) is 46.2 Å². The van der Waals surface area contributed by atoms with Crippen LogP contribution in [0.25, 0.3) is 0 Å². The Labute approximate surface area is 132 Å². The van der Waals surface area contributed by atoms with Crippen molar-refractivity contribution in [3.8, 4) is 0 Å². The van der Waals surface area contributed by atoms with Crippen LogP contribution in [-0.4, -0.2) is 17.8 Å². The monoisotopic (exact) mass is 349 g/mol. The second-order valence-corrected chi connectivity index (χ2v) is 5.79. The van der Waals surface area contributed by atoms with E-state index in [0.717, 1.165) is 11.1 Å². The van der Waals surface area contributed by atoms with E-state index in [1.165, 1.54) is 6.07 Å². The summed E-state index contributed by atoms with van der Waals surface area (Å²) in [6.45, 7) is 1.33. The highest BCUT2D eigenvalue weighted by atomic mass is 79.9. The molecule has 0 heterocycles. The van der Waals surface area contributed by atoms with Gasteiger partial charge in [-0.15, -0.1) is 0 Å². The van der Waals surface area contributed by atoms with Crippen LogP contribution in [0.1, 0.15) is 16.7 Å². The molecule has 0 saturated carbocycles. The molecule has 21 heavy (non-hydrogen) atoms. The zero-order chi connectivity index (χ0) is 15.4. The normalized spacial score (nSPS) is 10.9. The average molecular weight is 350 g/mol. The van der Waals surface area contributed by atoms with Crippen molar-refractivity contribution in [2.45, 2.75) is 13.1 Å². The summed E-state index contributed by atoms with van der Waals surface area (Å²) in [4.78, 5) is 2.08. The molecule has 3 nitrogen and oxygen atoms in total. The highest BCUT2D eigenvalue weighted by Gasteiger charge is 2.08. The number of amidine groups is 1. The van der Waals surface area contributed by atoms with E-state index in [2.05, 4.69) is 20.8 Å². The Morgan fingerprint density at radius 2 is 1.95 bits per heavy atom. The fraction of sp³-hybridized carbons (Fsp3) is 0.188. The minimum absolute atomic E-state index is 0.0624. The largest absolute Gasteiger partial charge is 0.384 e. The minimum Gasteiger partial charge on any atom is -0.384 e. The third-order valence-electron chi connectivity index (χ3n) is 3.16. The van der Waals surface area contributed by atoms with Gasteiger partial charge >= 0.3 is 0 Å². The first kappa shape index (κ1) is 15.7. The minimum atomic E-state index is -0.250. The Hall–Kier alpha value is -1.72. The van der Waals surface area contributed by atoms with Crippen molar-refractivity contribution in [2.24, 2.45) is 5.73 Å². The number of nitrogens with two attached hydrogens (primary N) is 1. The van der Waals surface area contributed by atoms with Crippen LogP contribution in [0.4, 0.5) is 4.39 Å². The molecule has 3 N–H and O–H groups in total. The molecule has 0 radical (unpaired) electrons. The van der Waals surface area contributed by atoms with Crippen molar-refractivity contribution in [1.82, 2.24) is 4.90 Å². The predicted molar refractivity (Wildman–Crippen MR) is 86.7 cm³/mol. The van der Waals surface area contributed by atoms with Gasteiger partial charge in [0.15, 0.2) is 0 Å². The molecule has 2 rings (SSSR count). The van der Waals surface area contributed by atoms with Crippen LogP contribution in [0, 0.1) is 11.2 Å². The number of hydrogen-bond donors (Lipinski definition) is 2. The number of benzene rings is 2. The maximum absolute atomic E-state index is 13.5. The molecule has 0 fully saturated rings. The first-order chi connectivity index (χ1) is 9.97. The second kappa shape index (κ2) is 6.83. The second-order valence-electron chi connectivity index (χ2n) is 5.00. The molecule has 0 bridgehead atoms. The van der Waals surface area contributed by atoms with E-state index in [-0.39, 0.29) is 11.7 Å². The maximum atomic E-state index is 13.5. The van der Waals surface area contributed by atoms with E-state index in [4.69, 9.17) is 11.1 Å². The van der Waals surface area contributed by atoms with E-state index < -0.39 is 0 Å². The molecule has 0 spiro atoms. The van der Waals surface area contributed by atoms with Crippen molar-refractivity contribution < 1.29 is 4.39 Å². The number of halogens is 2. The van der Waals surface area contributed by atoms with Gasteiger partial charge in [-0.2, -0.15) is 0 Å². The summed E-state index contributed by atoms with van der Waals surface area (Å²) in [5.41, 5.74) is 8.18. The van der Waals surface area contributed by atoms with Gasteiger partial charge in [-0.1, -0.05) is 30.3 Å². The Balaban J connectivity index is 2.08. The Bertz CT molecular complexity index is 658. The van der Waals surface area contributed by atoms with Gasteiger partial charge in [-0.25, -0.2) is 4.39 Å². The SMILES string of the molecule is CN(Cc1cccc(C(=N)N)c1)Cc1cccc(F)c1Br. The molecule has 0 aliphatic rings. The summed E-state index contributed by atoms with van der Waals surface area (Å²) >= 11 is 3.28. The first-order valence-electron chi connectivity index (χ1n) is 6.52. The van der Waals surface area contributed by atoms with Crippen molar-refractivity contribution in [3.05, 3.63) is 69.4 Å². The van der Waals surface area contributed by atoms with Gasteiger partial charge in [0.25, 0.3) is 0 Å². The highest BCUT2D eigenvalue weighted by Crippen LogP contribution is 2.22. The quantitative estimate of drug-likeness (QED) is 0.641. The lowest BCUT2D eigenvalue weighted by atomic mass is 10.1. The lowest BCUT2D eigenvalue weighted by Gasteiger charge is -2.18. The molecule has 0 atom stereocenters. The number of rotatable bonds is 5. The molecule has 110 valence electrons. The van der Waals surface area contributed by atoms with Gasteiger partial charge in [0.2, 0.25) is 0 Å². The molecule has 2 aromatic rings. The zero-order valence-electron chi connectivity index (χ0n) is 11.7. The van der Waals surface area contributed by atoms with Crippen LogP contribution in [-0.2, 0) is 13.1 Å². The predicted octanol–water partition coefficient (Wildman–Crippen LogP) is 3.50. The van der Waals surface area contributed by atoms with Crippen molar-refractivity contribution in [3.63, 3.8) is 0 Å². The number of hydrogen-bond acceptors (Lipinski definition) is 2. The van der Waals surface area contributed by atoms with Crippen LogP contribution >= 0.6 is 15.9 Å². The zero-order valence-corrected chi connectivity index (χ0v) is 13.3. The average Bonchev–Trinajstić information content (AvgIpc) is 2.44. The fourth-order valence-electron chi connectivity index (χ4n) is 2.17. The third kappa shape index (κ3) is 4.12. The first-order valence-corrected chi connectivity index (χ1v) is 7.31. The number of nitrogens with one attached hydrogen (secondary N) is 1. The van der Waals surface area contributed by atoms with E-state index in [0.29, 0.717) is 23.1 Å². The number of nitrogens with zero attached hydrogens (tertiary/aromatic N) is 1. The fourth-order valence-corrected chi connectivity index (χ4v) is 2.56. The van der Waals surface area contributed by atoms with E-state index in [1.807, 2.05) is 37.4 Å². The molecule has 0 aliphatic heterocycles. The molecular formula is C16H17BrFN3. The van der Waals surface area contributed by atoms with Crippen LogP contribution in [0.15, 0.2) is 46.9 Å². The van der Waals surface area contributed by atoms with E-state index >= 15 is 0 Å². The Morgan fingerprint density at radius 3 is 2.67 bits per heavy atom. The summed E-state index contributed by atoms with van der Waals surface area (Å²) in [6, 6.07) is 12.6. The molecule has 0 aliphatic carbocycles. The standard InChI is InChI=1S/C16H17BrFN3/c1-21(10-13-6-3-7-14(18)15(13)17)9-11-4-2-5-12(8-11)16(19)20/h2-8H,9-10H2,1H3,(H3,19,20). The van der Waals surface area contributed by atoms with E-state index in [1.54, 1.807) is 6.07 Å². The Kier molecular flexibility index (Phi) is 5.09. The highest BCUT2D eigenvalue weighted by molar-refractivity contribution is 9.10. The lowest BCUT2D eigenvalue weighted by molar-refractivity contribution is 0.318. The molecule has 0 saturated heterocycles. The van der Waals surface area contributed by atoms with Gasteiger partial charge in [-0.3, -0.25) is 10.3 Å². The number of nitrogen functional groups attached to an aromatic ring is 1. The van der Waals surface area contributed by atoms with Gasteiger partial charge in [0, 0.05) is 18.7 Å². The Morgan fingerprint density at radius 1 is 1.24 bits per heavy atom. The molecule has 0 amide bonds. The van der Waals surface area contributed by atoms with Gasteiger partial charge in [0.05, 0.1) is 4.47 Å². The lowest BCUT2D eigenvalue weighted by Crippen LogP contribution is -2.18. The summed E-state index contributed by atoms with van der Waals surface area (Å²) < 4.78 is 14.0.